The maximum Gasteiger partial charge on any atom is 0.161 e. The minimum atomic E-state index is -0.150. The molecular weight excluding hydrogens is 180 g/mol. The van der Waals surface area contributed by atoms with Gasteiger partial charge in [0.05, 0.1) is 5.54 Å². The zero-order valence-corrected chi connectivity index (χ0v) is 9.61. The van der Waals surface area contributed by atoms with Crippen molar-refractivity contribution in [3.05, 3.63) is 24.9 Å². The summed E-state index contributed by atoms with van der Waals surface area (Å²) in [4.78, 5) is 4.52. The molecule has 0 saturated heterocycles. The topological polar surface area (TPSA) is 24.4 Å². The van der Waals surface area contributed by atoms with E-state index in [2.05, 4.69) is 36.8 Å². The number of nitrogens with one attached hydrogen (secondary N) is 1. The van der Waals surface area contributed by atoms with Crippen LogP contribution >= 0.6 is 11.8 Å². The first-order valence-electron chi connectivity index (χ1n) is 4.21. The lowest BCUT2D eigenvalue weighted by atomic mass is 10.1. The van der Waals surface area contributed by atoms with Gasteiger partial charge in [0, 0.05) is 0 Å². The van der Waals surface area contributed by atoms with Gasteiger partial charge in [-0.3, -0.25) is 4.99 Å². The van der Waals surface area contributed by atoms with Crippen molar-refractivity contribution in [2.45, 2.75) is 26.3 Å². The van der Waals surface area contributed by atoms with Gasteiger partial charge in [-0.25, -0.2) is 0 Å². The van der Waals surface area contributed by atoms with Crippen molar-refractivity contribution >= 4 is 16.9 Å². The second kappa shape index (κ2) is 5.86. The number of rotatable bonds is 3. The van der Waals surface area contributed by atoms with Gasteiger partial charge in [0.15, 0.2) is 5.17 Å². The minimum Gasteiger partial charge on any atom is -0.342 e. The third kappa shape index (κ3) is 5.53. The maximum absolute atomic E-state index is 4.52. The van der Waals surface area contributed by atoms with Crippen LogP contribution in [0.1, 0.15) is 20.8 Å². The van der Waals surface area contributed by atoms with E-state index < -0.39 is 0 Å². The predicted molar refractivity (Wildman–Crippen MR) is 63.2 cm³/mol. The Morgan fingerprint density at radius 1 is 1.54 bits per heavy atom. The molecule has 3 heteroatoms. The van der Waals surface area contributed by atoms with Gasteiger partial charge < -0.3 is 5.32 Å². The van der Waals surface area contributed by atoms with Crippen LogP contribution in [-0.2, 0) is 0 Å². The second-order valence-electron chi connectivity index (χ2n) is 3.12. The SMILES string of the molecule is C=CNC(=NC(C)(C)/C=C\C)SC. The summed E-state index contributed by atoms with van der Waals surface area (Å²) < 4.78 is 0. The van der Waals surface area contributed by atoms with E-state index in [0.717, 1.165) is 5.17 Å². The van der Waals surface area contributed by atoms with Gasteiger partial charge in [-0.15, -0.1) is 0 Å². The van der Waals surface area contributed by atoms with Crippen LogP contribution in [0.4, 0.5) is 0 Å². The summed E-state index contributed by atoms with van der Waals surface area (Å²) in [6.45, 7) is 9.73. The molecule has 0 aliphatic carbocycles. The van der Waals surface area contributed by atoms with E-state index >= 15 is 0 Å². The van der Waals surface area contributed by atoms with Gasteiger partial charge in [-0.2, -0.15) is 0 Å². The van der Waals surface area contributed by atoms with Gasteiger partial charge >= 0.3 is 0 Å². The number of hydrogen-bond acceptors (Lipinski definition) is 2. The third-order valence-corrected chi connectivity index (χ3v) is 1.98. The highest BCUT2D eigenvalue weighted by atomic mass is 32.2. The number of allylic oxidation sites excluding steroid dienone is 1. The summed E-state index contributed by atoms with van der Waals surface area (Å²) in [5, 5.41) is 3.88. The van der Waals surface area contributed by atoms with Crippen LogP contribution in [0.25, 0.3) is 0 Å². The highest BCUT2D eigenvalue weighted by molar-refractivity contribution is 8.13. The van der Waals surface area contributed by atoms with Gasteiger partial charge in [-0.1, -0.05) is 30.5 Å². The average Bonchev–Trinajstić information content (AvgIpc) is 2.03. The number of amidine groups is 1. The third-order valence-electron chi connectivity index (χ3n) is 1.38. The smallest absolute Gasteiger partial charge is 0.161 e. The van der Waals surface area contributed by atoms with E-state index in [1.807, 2.05) is 19.3 Å². The Labute approximate surface area is 85.2 Å². The minimum absolute atomic E-state index is 0.150. The van der Waals surface area contributed by atoms with Crippen molar-refractivity contribution in [2.75, 3.05) is 6.26 Å². The fourth-order valence-corrected chi connectivity index (χ4v) is 1.46. The Kier molecular flexibility index (Phi) is 5.55. The lowest BCUT2D eigenvalue weighted by Crippen LogP contribution is -2.21. The molecule has 0 atom stereocenters. The zero-order chi connectivity index (χ0) is 10.3. The van der Waals surface area contributed by atoms with Crippen molar-refractivity contribution in [1.82, 2.24) is 5.32 Å². The van der Waals surface area contributed by atoms with Gasteiger partial charge in [0.25, 0.3) is 0 Å². The average molecular weight is 198 g/mol. The van der Waals surface area contributed by atoms with E-state index in [0.29, 0.717) is 0 Å². The highest BCUT2D eigenvalue weighted by Gasteiger charge is 2.11. The summed E-state index contributed by atoms with van der Waals surface area (Å²) >= 11 is 1.58. The number of hydrogen-bond donors (Lipinski definition) is 1. The molecule has 0 aromatic rings. The Morgan fingerprint density at radius 3 is 2.54 bits per heavy atom. The Bertz CT molecular complexity index is 217. The quantitative estimate of drug-likeness (QED) is 0.428. The zero-order valence-electron chi connectivity index (χ0n) is 8.79. The molecule has 1 N–H and O–H groups in total. The fourth-order valence-electron chi connectivity index (χ4n) is 0.931. The molecule has 2 nitrogen and oxygen atoms in total. The summed E-state index contributed by atoms with van der Waals surface area (Å²) in [6, 6.07) is 0. The monoisotopic (exact) mass is 198 g/mol. The first kappa shape index (κ1) is 12.3. The molecule has 0 aromatic carbocycles. The molecular formula is C10H18N2S. The summed E-state index contributed by atoms with van der Waals surface area (Å²) in [5.41, 5.74) is -0.150. The molecule has 0 unspecified atom stereocenters. The standard InChI is InChI=1S/C10H18N2S/c1-6-8-10(3,4)12-9(13-5)11-7-2/h6-8H,2H2,1,3-5H3,(H,11,12)/b8-6-. The van der Waals surface area contributed by atoms with E-state index in [1.165, 1.54) is 0 Å². The molecule has 0 rings (SSSR count). The fraction of sp³-hybridized carbons (Fsp3) is 0.500. The normalized spacial score (nSPS) is 13.4. The van der Waals surface area contributed by atoms with Gasteiger partial charge in [0.2, 0.25) is 0 Å². The van der Waals surface area contributed by atoms with E-state index in [4.69, 9.17) is 0 Å². The molecule has 0 fully saturated rings. The summed E-state index contributed by atoms with van der Waals surface area (Å²) in [6.07, 6.45) is 7.70. The van der Waals surface area contributed by atoms with Crippen LogP contribution in [-0.4, -0.2) is 17.0 Å². The van der Waals surface area contributed by atoms with Crippen LogP contribution in [0, 0.1) is 0 Å². The molecule has 0 aliphatic rings. The van der Waals surface area contributed by atoms with Crippen LogP contribution in [0.3, 0.4) is 0 Å². The molecule has 74 valence electrons. The van der Waals surface area contributed by atoms with E-state index in [1.54, 1.807) is 18.0 Å². The van der Waals surface area contributed by atoms with Crippen LogP contribution in [0.2, 0.25) is 0 Å². The number of aliphatic imine (C=N–C) groups is 1. The van der Waals surface area contributed by atoms with E-state index in [9.17, 15) is 0 Å². The lowest BCUT2D eigenvalue weighted by molar-refractivity contribution is 0.656. The molecule has 0 aliphatic heterocycles. The van der Waals surface area contributed by atoms with Crippen LogP contribution in [0.5, 0.6) is 0 Å². The first-order valence-corrected chi connectivity index (χ1v) is 5.43. The molecule has 13 heavy (non-hydrogen) atoms. The molecule has 0 bridgehead atoms. The number of nitrogens with zero attached hydrogens (tertiary/aromatic N) is 1. The highest BCUT2D eigenvalue weighted by Crippen LogP contribution is 2.13. The molecule has 0 heterocycles. The second-order valence-corrected chi connectivity index (χ2v) is 3.92. The lowest BCUT2D eigenvalue weighted by Gasteiger charge is -2.16. The molecule has 0 saturated carbocycles. The largest absolute Gasteiger partial charge is 0.342 e. The van der Waals surface area contributed by atoms with Crippen molar-refractivity contribution in [1.29, 1.82) is 0 Å². The molecule has 0 radical (unpaired) electrons. The Morgan fingerprint density at radius 2 is 2.15 bits per heavy atom. The molecule has 0 spiro atoms. The van der Waals surface area contributed by atoms with E-state index in [-0.39, 0.29) is 5.54 Å². The molecule has 0 amide bonds. The molecule has 0 aromatic heterocycles. The Balaban J connectivity index is 4.55. The number of thioether (sulfide) groups is 1. The Hall–Kier alpha value is -0.700. The maximum atomic E-state index is 4.52. The van der Waals surface area contributed by atoms with Gasteiger partial charge in [-0.05, 0) is 33.2 Å². The van der Waals surface area contributed by atoms with Gasteiger partial charge in [0.1, 0.15) is 0 Å². The summed E-state index contributed by atoms with van der Waals surface area (Å²) in [7, 11) is 0. The predicted octanol–water partition coefficient (Wildman–Crippen LogP) is 2.79. The van der Waals surface area contributed by atoms with Crippen LogP contribution in [0.15, 0.2) is 29.9 Å². The van der Waals surface area contributed by atoms with Crippen molar-refractivity contribution in [3.8, 4) is 0 Å². The van der Waals surface area contributed by atoms with Crippen molar-refractivity contribution < 1.29 is 0 Å². The van der Waals surface area contributed by atoms with Crippen molar-refractivity contribution in [2.24, 2.45) is 4.99 Å². The van der Waals surface area contributed by atoms with Crippen LogP contribution < -0.4 is 5.32 Å². The summed E-state index contributed by atoms with van der Waals surface area (Å²) in [5.74, 6) is 0. The first-order chi connectivity index (χ1) is 6.05. The van der Waals surface area contributed by atoms with Crippen molar-refractivity contribution in [3.63, 3.8) is 0 Å².